The van der Waals surface area contributed by atoms with Gasteiger partial charge in [-0.25, -0.2) is 8.78 Å². The van der Waals surface area contributed by atoms with Gasteiger partial charge in [-0.05, 0) is 62.5 Å². The lowest BCUT2D eigenvalue weighted by Gasteiger charge is -2.23. The molecular weight excluding hydrogens is 506 g/mol. The Bertz CT molecular complexity index is 966. The number of hydrogen-bond donors (Lipinski definition) is 2. The average molecular weight is 547 g/mol. The molecule has 0 spiro atoms. The van der Waals surface area contributed by atoms with Crippen molar-refractivity contribution in [2.75, 3.05) is 26.4 Å². The molecular formula is C31H40F2O6. The minimum absolute atomic E-state index is 0.0113. The maximum absolute atomic E-state index is 13.7. The van der Waals surface area contributed by atoms with Crippen molar-refractivity contribution in [3.05, 3.63) is 42.0 Å². The monoisotopic (exact) mass is 546 g/mol. The topological polar surface area (TPSA) is 85.2 Å². The average Bonchev–Trinajstić information content (AvgIpc) is 3.10. The van der Waals surface area contributed by atoms with Gasteiger partial charge in [0.15, 0.2) is 11.6 Å². The summed E-state index contributed by atoms with van der Waals surface area (Å²) in [5.74, 6) is 3.72. The van der Waals surface area contributed by atoms with Crippen LogP contribution in [0.3, 0.4) is 0 Å². The Morgan fingerprint density at radius 3 is 2.67 bits per heavy atom. The molecule has 0 unspecified atom stereocenters. The molecule has 0 saturated carbocycles. The quantitative estimate of drug-likeness (QED) is 0.176. The molecule has 214 valence electrons. The van der Waals surface area contributed by atoms with Crippen molar-refractivity contribution in [1.82, 2.24) is 0 Å². The summed E-state index contributed by atoms with van der Waals surface area (Å²) in [6, 6.07) is 2.90. The van der Waals surface area contributed by atoms with E-state index in [1.54, 1.807) is 6.08 Å². The third-order valence-electron chi connectivity index (χ3n) is 6.82. The highest BCUT2D eigenvalue weighted by atomic mass is 19.1. The van der Waals surface area contributed by atoms with Gasteiger partial charge in [0.05, 0.1) is 12.7 Å². The van der Waals surface area contributed by atoms with Gasteiger partial charge in [-0.2, -0.15) is 0 Å². The first-order valence-electron chi connectivity index (χ1n) is 13.5. The third-order valence-corrected chi connectivity index (χ3v) is 6.82. The fourth-order valence-corrected chi connectivity index (χ4v) is 4.63. The number of allylic oxidation sites excluding steroid dienone is 1. The number of ether oxygens (including phenoxy) is 3. The molecule has 6 nitrogen and oxygen atoms in total. The van der Waals surface area contributed by atoms with Crippen LogP contribution in [0.5, 0.6) is 5.75 Å². The highest BCUT2D eigenvalue weighted by Crippen LogP contribution is 2.31. The van der Waals surface area contributed by atoms with Gasteiger partial charge in [0.25, 0.3) is 0 Å². The van der Waals surface area contributed by atoms with Crippen molar-refractivity contribution < 1.29 is 38.0 Å². The number of halogens is 2. The molecule has 2 rings (SSSR count). The van der Waals surface area contributed by atoms with E-state index in [0.29, 0.717) is 51.0 Å². The van der Waals surface area contributed by atoms with Gasteiger partial charge >= 0.3 is 5.97 Å². The van der Waals surface area contributed by atoms with E-state index in [9.17, 15) is 23.8 Å². The smallest absolute Gasteiger partial charge is 0.305 e. The number of rotatable bonds is 16. The van der Waals surface area contributed by atoms with E-state index in [4.69, 9.17) is 27.1 Å². The van der Waals surface area contributed by atoms with Gasteiger partial charge in [0.2, 0.25) is 0 Å². The van der Waals surface area contributed by atoms with E-state index in [0.717, 1.165) is 37.5 Å². The van der Waals surface area contributed by atoms with Gasteiger partial charge < -0.3 is 24.4 Å². The zero-order valence-corrected chi connectivity index (χ0v) is 22.4. The molecule has 1 aromatic carbocycles. The zero-order chi connectivity index (χ0) is 28.5. The van der Waals surface area contributed by atoms with Gasteiger partial charge in [0.1, 0.15) is 18.5 Å². The first kappa shape index (κ1) is 32.3. The lowest BCUT2D eigenvalue weighted by Crippen LogP contribution is -2.24. The molecule has 1 fully saturated rings. The number of hydrogen-bond acceptors (Lipinski definition) is 6. The fourth-order valence-electron chi connectivity index (χ4n) is 4.63. The molecule has 0 amide bonds. The number of benzene rings is 1. The molecule has 0 bridgehead atoms. The Hall–Kier alpha value is -2.91. The summed E-state index contributed by atoms with van der Waals surface area (Å²) in [5, 5.41) is 19.7. The minimum atomic E-state index is -0.989. The highest BCUT2D eigenvalue weighted by Gasteiger charge is 2.27. The van der Waals surface area contributed by atoms with E-state index in [1.165, 1.54) is 0 Å². The Balaban J connectivity index is 1.75. The molecule has 1 aliphatic heterocycles. The second kappa shape index (κ2) is 18.4. The SMILES string of the molecule is C#CCC(CC#C)COC(=O)CCC[C@H]1CC[C@H](C/C=C/[C@@H](O)COc2cc(F)ccc2F)[C@H](CCO)OC1. The molecule has 1 aromatic rings. The summed E-state index contributed by atoms with van der Waals surface area (Å²) in [6.07, 6.45) is 18.7. The number of aliphatic hydroxyl groups excluding tert-OH is 2. The van der Waals surface area contributed by atoms with Crippen LogP contribution in [0.25, 0.3) is 0 Å². The number of terminal acetylenes is 2. The van der Waals surface area contributed by atoms with Crippen molar-refractivity contribution in [1.29, 1.82) is 0 Å². The summed E-state index contributed by atoms with van der Waals surface area (Å²) < 4.78 is 43.6. The van der Waals surface area contributed by atoms with Crippen LogP contribution in [0.2, 0.25) is 0 Å². The van der Waals surface area contributed by atoms with E-state index in [-0.39, 0.29) is 49.5 Å². The van der Waals surface area contributed by atoms with Gasteiger partial charge in [-0.15, -0.1) is 24.7 Å². The predicted molar refractivity (Wildman–Crippen MR) is 144 cm³/mol. The van der Waals surface area contributed by atoms with Crippen LogP contribution in [0.1, 0.15) is 57.8 Å². The number of esters is 1. The Labute approximate surface area is 230 Å². The van der Waals surface area contributed by atoms with E-state index in [2.05, 4.69) is 11.8 Å². The Morgan fingerprint density at radius 1 is 1.18 bits per heavy atom. The van der Waals surface area contributed by atoms with Crippen LogP contribution in [0, 0.1) is 54.1 Å². The molecule has 8 heteroatoms. The fraction of sp³-hybridized carbons (Fsp3) is 0.581. The molecule has 39 heavy (non-hydrogen) atoms. The largest absolute Gasteiger partial charge is 0.487 e. The second-order valence-corrected chi connectivity index (χ2v) is 9.96. The van der Waals surface area contributed by atoms with E-state index < -0.39 is 17.7 Å². The van der Waals surface area contributed by atoms with Crippen molar-refractivity contribution >= 4 is 5.97 Å². The van der Waals surface area contributed by atoms with Crippen molar-refractivity contribution in [2.24, 2.45) is 17.8 Å². The molecule has 4 atom stereocenters. The van der Waals surface area contributed by atoms with Crippen molar-refractivity contribution in [3.8, 4) is 30.4 Å². The standard InChI is InChI=1S/C31H40F2O6/c1-3-7-23(8-4-2)21-39-31(36)12-5-9-24-13-14-25(29(17-18-34)37-20-24)10-6-11-27(35)22-38-30-19-26(32)15-16-28(30)33/h1-2,6,11,15-16,19,23-25,27,29,34-35H,5,7-10,12-14,17-18,20-22H2/b11-6+/t24-,25-,27+,29-/m0/s1. The molecule has 0 radical (unpaired) electrons. The van der Waals surface area contributed by atoms with Crippen LogP contribution >= 0.6 is 0 Å². The van der Waals surface area contributed by atoms with Gasteiger partial charge in [0, 0.05) is 44.5 Å². The second-order valence-electron chi connectivity index (χ2n) is 9.96. The van der Waals surface area contributed by atoms with E-state index >= 15 is 0 Å². The lowest BCUT2D eigenvalue weighted by molar-refractivity contribution is -0.145. The normalized spacial score (nSPS) is 20.2. The van der Waals surface area contributed by atoms with Crippen LogP contribution in [-0.2, 0) is 14.3 Å². The minimum Gasteiger partial charge on any atom is -0.487 e. The Kier molecular flexibility index (Phi) is 15.2. The molecule has 0 aliphatic carbocycles. The zero-order valence-electron chi connectivity index (χ0n) is 22.4. The number of carbonyl (C=O) groups is 1. The summed E-state index contributed by atoms with van der Waals surface area (Å²) in [4.78, 5) is 12.1. The predicted octanol–water partition coefficient (Wildman–Crippen LogP) is 4.82. The Morgan fingerprint density at radius 2 is 1.95 bits per heavy atom. The number of aliphatic hydroxyl groups is 2. The molecule has 2 N–H and O–H groups in total. The summed E-state index contributed by atoms with van der Waals surface area (Å²) >= 11 is 0. The van der Waals surface area contributed by atoms with Crippen LogP contribution in [-0.4, -0.2) is 54.8 Å². The molecule has 1 heterocycles. The molecule has 1 saturated heterocycles. The maximum Gasteiger partial charge on any atom is 0.305 e. The van der Waals surface area contributed by atoms with Gasteiger partial charge in [-0.1, -0.05) is 12.2 Å². The highest BCUT2D eigenvalue weighted by molar-refractivity contribution is 5.69. The molecule has 0 aromatic heterocycles. The van der Waals surface area contributed by atoms with Crippen LogP contribution in [0.4, 0.5) is 8.78 Å². The lowest BCUT2D eigenvalue weighted by atomic mass is 9.88. The number of carbonyl (C=O) groups excluding carboxylic acids is 1. The summed E-state index contributed by atoms with van der Waals surface area (Å²) in [5.41, 5.74) is 0. The van der Waals surface area contributed by atoms with E-state index in [1.807, 2.05) is 6.08 Å². The third kappa shape index (κ3) is 12.7. The van der Waals surface area contributed by atoms with Crippen LogP contribution in [0.15, 0.2) is 30.4 Å². The summed E-state index contributed by atoms with van der Waals surface area (Å²) in [7, 11) is 0. The summed E-state index contributed by atoms with van der Waals surface area (Å²) in [6.45, 7) is 0.594. The van der Waals surface area contributed by atoms with Crippen molar-refractivity contribution in [3.63, 3.8) is 0 Å². The van der Waals surface area contributed by atoms with Crippen molar-refractivity contribution in [2.45, 2.75) is 70.0 Å². The maximum atomic E-state index is 13.7. The van der Waals surface area contributed by atoms with Crippen LogP contribution < -0.4 is 4.74 Å². The molecule has 1 aliphatic rings. The van der Waals surface area contributed by atoms with Gasteiger partial charge in [-0.3, -0.25) is 4.79 Å². The first-order valence-corrected chi connectivity index (χ1v) is 13.5. The first-order chi connectivity index (χ1) is 18.9.